The highest BCUT2D eigenvalue weighted by atomic mass is 19.4. The molecule has 8 heteroatoms. The lowest BCUT2D eigenvalue weighted by molar-refractivity contribution is -0.137. The molecule has 140 valence electrons. The van der Waals surface area contributed by atoms with Crippen LogP contribution in [0.4, 0.5) is 18.9 Å². The lowest BCUT2D eigenvalue weighted by Gasteiger charge is -2.10. The molecule has 0 radical (unpaired) electrons. The molecule has 0 atom stereocenters. The van der Waals surface area contributed by atoms with E-state index in [0.29, 0.717) is 0 Å². The van der Waals surface area contributed by atoms with Crippen LogP contribution in [0.5, 0.6) is 0 Å². The molecule has 1 amide bonds. The number of benzene rings is 2. The highest BCUT2D eigenvalue weighted by Crippen LogP contribution is 2.30. The number of alkyl halides is 3. The van der Waals surface area contributed by atoms with Gasteiger partial charge >= 0.3 is 6.18 Å². The molecule has 3 aromatic rings. The number of amides is 1. The van der Waals surface area contributed by atoms with Gasteiger partial charge in [0.2, 0.25) is 0 Å². The highest BCUT2D eigenvalue weighted by Gasteiger charge is 2.30. The third-order valence-electron chi connectivity index (χ3n) is 3.97. The van der Waals surface area contributed by atoms with Gasteiger partial charge in [-0.3, -0.25) is 4.79 Å². The Hall–Kier alpha value is -3.29. The first kappa shape index (κ1) is 18.5. The summed E-state index contributed by atoms with van der Waals surface area (Å²) in [6.07, 6.45) is -2.89. The van der Waals surface area contributed by atoms with E-state index >= 15 is 0 Å². The molecule has 27 heavy (non-hydrogen) atoms. The number of hydrazone groups is 1. The Balaban J connectivity index is 1.58. The van der Waals surface area contributed by atoms with Crippen molar-refractivity contribution in [3.8, 4) is 0 Å². The smallest absolute Gasteiger partial charge is 0.376 e. The molecular weight excluding hydrogens is 357 g/mol. The summed E-state index contributed by atoms with van der Waals surface area (Å²) in [5.74, 6) is -0.471. The number of aryl methyl sites for hydroxylation is 1. The quantitative estimate of drug-likeness (QED) is 0.466. The highest BCUT2D eigenvalue weighted by molar-refractivity contribution is 6.00. The summed E-state index contributed by atoms with van der Waals surface area (Å²) in [4.78, 5) is 15.1. The molecule has 0 aliphatic heterocycles. The topological polar surface area (TPSA) is 69.3 Å². The molecule has 0 saturated carbocycles. The molecule has 0 saturated heterocycles. The molecule has 2 aromatic carbocycles. The Labute approximate surface area is 153 Å². The van der Waals surface area contributed by atoms with Gasteiger partial charge in [-0.05, 0) is 31.2 Å². The standard InChI is InChI=1S/C19H17F3N4O/c1-12-16(15-7-2-3-8-17(15)25-12)10-24-26-18(27)11-23-14-6-4-5-13(9-14)19(20,21)22/h2-10,23,25H,11H2,1H3,(H,26,27)/b24-10+. The largest absolute Gasteiger partial charge is 0.416 e. The van der Waals surface area contributed by atoms with Crippen LogP contribution in [0.25, 0.3) is 10.9 Å². The Morgan fingerprint density at radius 2 is 1.96 bits per heavy atom. The first-order valence-corrected chi connectivity index (χ1v) is 8.15. The fourth-order valence-corrected chi connectivity index (χ4v) is 2.66. The van der Waals surface area contributed by atoms with Crippen molar-refractivity contribution < 1.29 is 18.0 Å². The molecule has 0 aliphatic carbocycles. The number of para-hydroxylation sites is 1. The normalized spacial score (nSPS) is 11.9. The van der Waals surface area contributed by atoms with Gasteiger partial charge in [-0.25, -0.2) is 5.43 Å². The number of rotatable bonds is 5. The number of nitrogens with one attached hydrogen (secondary N) is 3. The number of hydrogen-bond acceptors (Lipinski definition) is 3. The monoisotopic (exact) mass is 374 g/mol. The Morgan fingerprint density at radius 3 is 2.74 bits per heavy atom. The van der Waals surface area contributed by atoms with E-state index in [1.165, 1.54) is 18.3 Å². The van der Waals surface area contributed by atoms with E-state index in [-0.39, 0.29) is 12.2 Å². The maximum absolute atomic E-state index is 12.7. The van der Waals surface area contributed by atoms with Crippen LogP contribution in [0, 0.1) is 6.92 Å². The number of hydrogen-bond donors (Lipinski definition) is 3. The number of halogens is 3. The third kappa shape index (κ3) is 4.46. The number of nitrogens with zero attached hydrogens (tertiary/aromatic N) is 1. The van der Waals surface area contributed by atoms with Gasteiger partial charge in [0.15, 0.2) is 0 Å². The van der Waals surface area contributed by atoms with E-state index in [1.54, 1.807) is 0 Å². The lowest BCUT2D eigenvalue weighted by Crippen LogP contribution is -2.26. The van der Waals surface area contributed by atoms with Crippen molar-refractivity contribution in [3.05, 3.63) is 65.4 Å². The fraction of sp³-hybridized carbons (Fsp3) is 0.158. The van der Waals surface area contributed by atoms with Crippen molar-refractivity contribution in [3.63, 3.8) is 0 Å². The van der Waals surface area contributed by atoms with Crippen LogP contribution in [0.2, 0.25) is 0 Å². The van der Waals surface area contributed by atoms with E-state index in [4.69, 9.17) is 0 Å². The van der Waals surface area contributed by atoms with Crippen LogP contribution in [0.3, 0.4) is 0 Å². The summed E-state index contributed by atoms with van der Waals surface area (Å²) < 4.78 is 38.0. The first-order chi connectivity index (χ1) is 12.8. The van der Waals surface area contributed by atoms with Crippen molar-refractivity contribution >= 4 is 28.7 Å². The van der Waals surface area contributed by atoms with E-state index in [1.807, 2.05) is 31.2 Å². The van der Waals surface area contributed by atoms with Crippen LogP contribution in [0.1, 0.15) is 16.8 Å². The van der Waals surface area contributed by atoms with Crippen LogP contribution in [-0.4, -0.2) is 23.7 Å². The molecule has 1 heterocycles. The predicted octanol–water partition coefficient (Wildman–Crippen LogP) is 4.06. The van der Waals surface area contributed by atoms with E-state index in [2.05, 4.69) is 20.8 Å². The van der Waals surface area contributed by atoms with Crippen molar-refractivity contribution in [2.45, 2.75) is 13.1 Å². The van der Waals surface area contributed by atoms with Gasteiger partial charge in [0, 0.05) is 27.8 Å². The number of aromatic nitrogens is 1. The van der Waals surface area contributed by atoms with Gasteiger partial charge < -0.3 is 10.3 Å². The van der Waals surface area contributed by atoms with Crippen molar-refractivity contribution in [2.75, 3.05) is 11.9 Å². The predicted molar refractivity (Wildman–Crippen MR) is 98.7 cm³/mol. The number of carbonyl (C=O) groups is 1. The summed E-state index contributed by atoms with van der Waals surface area (Å²) >= 11 is 0. The first-order valence-electron chi connectivity index (χ1n) is 8.15. The molecule has 1 aromatic heterocycles. The zero-order chi connectivity index (χ0) is 19.4. The average Bonchev–Trinajstić information content (AvgIpc) is 2.95. The van der Waals surface area contributed by atoms with Gasteiger partial charge in [-0.1, -0.05) is 24.3 Å². The van der Waals surface area contributed by atoms with Crippen molar-refractivity contribution in [2.24, 2.45) is 5.10 Å². The average molecular weight is 374 g/mol. The molecule has 5 nitrogen and oxygen atoms in total. The van der Waals surface area contributed by atoms with Crippen LogP contribution < -0.4 is 10.7 Å². The van der Waals surface area contributed by atoms with Crippen molar-refractivity contribution in [1.29, 1.82) is 0 Å². The molecule has 0 aliphatic rings. The second-order valence-corrected chi connectivity index (χ2v) is 5.93. The summed E-state index contributed by atoms with van der Waals surface area (Å²) in [5.41, 5.74) is 4.53. The Bertz CT molecular complexity index is 992. The van der Waals surface area contributed by atoms with Gasteiger partial charge in [0.25, 0.3) is 5.91 Å². The molecule has 3 N–H and O–H groups in total. The second kappa shape index (κ2) is 7.53. The molecule has 0 spiro atoms. The number of aromatic amines is 1. The molecule has 3 rings (SSSR count). The molecule has 0 bridgehead atoms. The van der Waals surface area contributed by atoms with Gasteiger partial charge in [0.05, 0.1) is 18.3 Å². The third-order valence-corrected chi connectivity index (χ3v) is 3.97. The number of carbonyl (C=O) groups excluding carboxylic acids is 1. The van der Waals surface area contributed by atoms with Gasteiger partial charge in [0.1, 0.15) is 0 Å². The number of fused-ring (bicyclic) bond motifs is 1. The van der Waals surface area contributed by atoms with Crippen LogP contribution >= 0.6 is 0 Å². The molecular formula is C19H17F3N4O. The summed E-state index contributed by atoms with van der Waals surface area (Å²) in [6, 6.07) is 12.4. The minimum atomic E-state index is -4.43. The summed E-state index contributed by atoms with van der Waals surface area (Å²) in [7, 11) is 0. The number of H-pyrrole nitrogens is 1. The summed E-state index contributed by atoms with van der Waals surface area (Å²) in [6.45, 7) is 1.70. The number of anilines is 1. The van der Waals surface area contributed by atoms with E-state index in [9.17, 15) is 18.0 Å². The Morgan fingerprint density at radius 1 is 1.19 bits per heavy atom. The second-order valence-electron chi connectivity index (χ2n) is 5.93. The molecule has 0 unspecified atom stereocenters. The maximum atomic E-state index is 12.7. The zero-order valence-corrected chi connectivity index (χ0v) is 14.4. The summed E-state index contributed by atoms with van der Waals surface area (Å²) in [5, 5.41) is 7.56. The van der Waals surface area contributed by atoms with Crippen molar-refractivity contribution in [1.82, 2.24) is 10.4 Å². The van der Waals surface area contributed by atoms with E-state index < -0.39 is 17.6 Å². The zero-order valence-electron chi connectivity index (χ0n) is 14.4. The van der Waals surface area contributed by atoms with E-state index in [0.717, 1.165) is 34.3 Å². The maximum Gasteiger partial charge on any atom is 0.416 e. The fourth-order valence-electron chi connectivity index (χ4n) is 2.66. The van der Waals surface area contributed by atoms with Gasteiger partial charge in [-0.2, -0.15) is 18.3 Å². The van der Waals surface area contributed by atoms with Gasteiger partial charge in [-0.15, -0.1) is 0 Å². The Kier molecular flexibility index (Phi) is 5.16. The van der Waals surface area contributed by atoms with Crippen LogP contribution in [-0.2, 0) is 11.0 Å². The SMILES string of the molecule is Cc1[nH]c2ccccc2c1/C=N/NC(=O)CNc1cccc(C(F)(F)F)c1. The minimum absolute atomic E-state index is 0.203. The minimum Gasteiger partial charge on any atom is -0.376 e. The van der Waals surface area contributed by atoms with Crippen LogP contribution in [0.15, 0.2) is 53.6 Å². The lowest BCUT2D eigenvalue weighted by atomic mass is 10.1. The molecule has 0 fully saturated rings.